The summed E-state index contributed by atoms with van der Waals surface area (Å²) >= 11 is 0. The Hall–Kier alpha value is -1.53. The molecule has 0 amide bonds. The maximum Gasteiger partial charge on any atom is 0.190 e. The number of halogens is 1. The molecular weight excluding hydrogens is 363 g/mol. The molecule has 6 heteroatoms. The van der Waals surface area contributed by atoms with Gasteiger partial charge in [0.2, 0.25) is 0 Å². The lowest BCUT2D eigenvalue weighted by atomic mass is 9.45. The minimum atomic E-state index is -1.79. The van der Waals surface area contributed by atoms with E-state index in [9.17, 15) is 24.9 Å². The van der Waals surface area contributed by atoms with Crippen molar-refractivity contribution in [3.63, 3.8) is 0 Å². The van der Waals surface area contributed by atoms with E-state index in [1.165, 1.54) is 6.08 Å². The van der Waals surface area contributed by atoms with Crippen molar-refractivity contribution in [3.8, 4) is 0 Å². The van der Waals surface area contributed by atoms with Crippen molar-refractivity contribution in [2.75, 3.05) is 6.61 Å². The van der Waals surface area contributed by atoms with Crippen LogP contribution in [0.1, 0.15) is 52.9 Å². The third-order valence-corrected chi connectivity index (χ3v) is 8.95. The molecule has 0 heterocycles. The highest BCUT2D eigenvalue weighted by Crippen LogP contribution is 2.70. The number of aliphatic hydroxyl groups excluding tert-OH is 2. The van der Waals surface area contributed by atoms with E-state index in [1.807, 2.05) is 6.92 Å². The molecule has 5 nitrogen and oxygen atoms in total. The molecule has 3 N–H and O–H groups in total. The summed E-state index contributed by atoms with van der Waals surface area (Å²) in [5.74, 6) is -2.24. The molecule has 4 aliphatic rings. The smallest absolute Gasteiger partial charge is 0.190 e. The summed E-state index contributed by atoms with van der Waals surface area (Å²) < 4.78 is 16.8. The molecule has 4 aliphatic carbocycles. The van der Waals surface area contributed by atoms with Crippen molar-refractivity contribution in [3.05, 3.63) is 23.5 Å². The molecule has 0 aliphatic heterocycles. The number of hydrogen-bond acceptors (Lipinski definition) is 5. The summed E-state index contributed by atoms with van der Waals surface area (Å²) in [7, 11) is 0. The fraction of sp³-hybridized carbons (Fsp3) is 0.727. The summed E-state index contributed by atoms with van der Waals surface area (Å²) in [6, 6.07) is 0. The Morgan fingerprint density at radius 1 is 1.25 bits per heavy atom. The molecule has 7 atom stereocenters. The van der Waals surface area contributed by atoms with Crippen molar-refractivity contribution < 1.29 is 29.3 Å². The minimum absolute atomic E-state index is 0.0621. The Kier molecular flexibility index (Phi) is 4.07. The fourth-order valence-corrected chi connectivity index (χ4v) is 7.26. The maximum atomic E-state index is 16.8. The van der Waals surface area contributed by atoms with Gasteiger partial charge in [-0.1, -0.05) is 13.8 Å². The van der Waals surface area contributed by atoms with Gasteiger partial charge in [0.25, 0.3) is 0 Å². The van der Waals surface area contributed by atoms with Gasteiger partial charge >= 0.3 is 0 Å². The number of carbonyl (C=O) groups is 2. The van der Waals surface area contributed by atoms with Gasteiger partial charge in [-0.05, 0) is 68.4 Å². The number of rotatable bonds is 2. The van der Waals surface area contributed by atoms with Gasteiger partial charge in [-0.15, -0.1) is 0 Å². The van der Waals surface area contributed by atoms with Crippen LogP contribution in [0.15, 0.2) is 23.5 Å². The molecule has 4 rings (SSSR count). The van der Waals surface area contributed by atoms with E-state index in [4.69, 9.17) is 0 Å². The third-order valence-electron chi connectivity index (χ3n) is 8.95. The van der Waals surface area contributed by atoms with Crippen LogP contribution in [0, 0.1) is 28.6 Å². The second-order valence-electron chi connectivity index (χ2n) is 9.74. The molecule has 0 bridgehead atoms. The van der Waals surface area contributed by atoms with Crippen LogP contribution >= 0.6 is 0 Å². The van der Waals surface area contributed by atoms with Crippen LogP contribution in [0.25, 0.3) is 0 Å². The van der Waals surface area contributed by atoms with E-state index in [0.717, 1.165) is 6.08 Å². The highest BCUT2D eigenvalue weighted by Gasteiger charge is 2.74. The predicted molar refractivity (Wildman–Crippen MR) is 100 cm³/mol. The quantitative estimate of drug-likeness (QED) is 0.672. The van der Waals surface area contributed by atoms with E-state index in [0.29, 0.717) is 24.8 Å². The first kappa shape index (κ1) is 19.8. The molecular formula is C22H29FO5. The molecule has 3 fully saturated rings. The van der Waals surface area contributed by atoms with Crippen LogP contribution in [0.5, 0.6) is 0 Å². The second-order valence-corrected chi connectivity index (χ2v) is 9.74. The van der Waals surface area contributed by atoms with Crippen LogP contribution < -0.4 is 0 Å². The normalized spacial score (nSPS) is 50.2. The number of carbonyl (C=O) groups excluding carboxylic acids is 2. The van der Waals surface area contributed by atoms with Crippen LogP contribution in [-0.4, -0.2) is 44.8 Å². The number of aliphatic hydroxyl groups is 3. The maximum absolute atomic E-state index is 16.8. The highest BCUT2D eigenvalue weighted by atomic mass is 19.1. The highest BCUT2D eigenvalue weighted by molar-refractivity contribution is 6.00. The topological polar surface area (TPSA) is 94.8 Å². The zero-order valence-corrected chi connectivity index (χ0v) is 16.7. The number of Topliss-reactive ketones (excluding diaryl/α,β-unsaturated/α-hetero) is 1. The first-order valence-electron chi connectivity index (χ1n) is 10.2. The van der Waals surface area contributed by atoms with Crippen molar-refractivity contribution in [1.29, 1.82) is 0 Å². The number of fused-ring (bicyclic) bond motifs is 5. The monoisotopic (exact) mass is 392 g/mol. The van der Waals surface area contributed by atoms with Crippen molar-refractivity contribution >= 4 is 11.6 Å². The largest absolute Gasteiger partial charge is 0.508 e. The first-order chi connectivity index (χ1) is 13.0. The number of hydrogen-bond donors (Lipinski definition) is 3. The predicted octanol–water partition coefficient (Wildman–Crippen LogP) is 2.81. The van der Waals surface area contributed by atoms with Crippen LogP contribution in [0.2, 0.25) is 0 Å². The van der Waals surface area contributed by atoms with Gasteiger partial charge < -0.3 is 15.3 Å². The summed E-state index contributed by atoms with van der Waals surface area (Å²) in [4.78, 5) is 25.4. The Labute approximate surface area is 164 Å². The summed E-state index contributed by atoms with van der Waals surface area (Å²) in [6.07, 6.45) is 4.47. The fourth-order valence-electron chi connectivity index (χ4n) is 7.26. The Morgan fingerprint density at radius 3 is 2.57 bits per heavy atom. The molecule has 3 saturated carbocycles. The molecule has 0 aromatic heterocycles. The second kappa shape index (κ2) is 5.76. The average molecular weight is 392 g/mol. The molecule has 28 heavy (non-hydrogen) atoms. The van der Waals surface area contributed by atoms with Gasteiger partial charge in [0.05, 0.1) is 5.41 Å². The lowest BCUT2D eigenvalue weighted by Crippen LogP contribution is -2.65. The van der Waals surface area contributed by atoms with Gasteiger partial charge in [-0.3, -0.25) is 9.59 Å². The number of ketones is 2. The SMILES string of the molecule is C[C@@H]1C[C@H]2[C@@H]3CCC4=CC(O)=CC(=O)C4(C)C3(F)CC[C@]2(C)[C@@]1(O)C(=O)CO. The van der Waals surface area contributed by atoms with E-state index in [-0.39, 0.29) is 30.4 Å². The lowest BCUT2D eigenvalue weighted by Gasteiger charge is -2.60. The molecule has 0 aromatic rings. The zero-order valence-electron chi connectivity index (χ0n) is 16.7. The number of alkyl halides is 1. The van der Waals surface area contributed by atoms with Crippen molar-refractivity contribution in [2.24, 2.45) is 28.6 Å². The van der Waals surface area contributed by atoms with E-state index >= 15 is 4.39 Å². The molecule has 0 spiro atoms. The summed E-state index contributed by atoms with van der Waals surface area (Å²) in [5, 5.41) is 30.7. The van der Waals surface area contributed by atoms with E-state index < -0.39 is 46.2 Å². The lowest BCUT2D eigenvalue weighted by molar-refractivity contribution is -0.188. The van der Waals surface area contributed by atoms with Gasteiger partial charge in [0.1, 0.15) is 23.6 Å². The Morgan fingerprint density at radius 2 is 1.93 bits per heavy atom. The van der Waals surface area contributed by atoms with Crippen molar-refractivity contribution in [1.82, 2.24) is 0 Å². The first-order valence-corrected chi connectivity index (χ1v) is 10.2. The van der Waals surface area contributed by atoms with Gasteiger partial charge in [-0.2, -0.15) is 0 Å². The van der Waals surface area contributed by atoms with Gasteiger partial charge in [-0.25, -0.2) is 4.39 Å². The van der Waals surface area contributed by atoms with Crippen LogP contribution in [0.4, 0.5) is 4.39 Å². The minimum Gasteiger partial charge on any atom is -0.508 e. The van der Waals surface area contributed by atoms with Crippen LogP contribution in [0.3, 0.4) is 0 Å². The molecule has 0 radical (unpaired) electrons. The molecule has 154 valence electrons. The Bertz CT molecular complexity index is 818. The van der Waals surface area contributed by atoms with Gasteiger partial charge in [0, 0.05) is 11.5 Å². The third kappa shape index (κ3) is 1.98. The Balaban J connectivity index is 1.80. The summed E-state index contributed by atoms with van der Waals surface area (Å²) in [5.41, 5.74) is -5.00. The van der Waals surface area contributed by atoms with E-state index in [1.54, 1.807) is 13.8 Å². The average Bonchev–Trinajstić information content (AvgIpc) is 2.85. The molecule has 0 aromatic carbocycles. The van der Waals surface area contributed by atoms with Crippen LogP contribution in [-0.2, 0) is 9.59 Å². The van der Waals surface area contributed by atoms with Gasteiger partial charge in [0.15, 0.2) is 11.6 Å². The molecule has 0 saturated heterocycles. The van der Waals surface area contributed by atoms with E-state index in [2.05, 4.69) is 0 Å². The standard InChI is InChI=1S/C22H29FO5/c1-12-8-16-15-5-4-13-9-14(25)10-17(26)20(13,3)21(15,23)7-6-19(16,2)22(12,28)18(27)11-24/h9-10,12,15-16,24-25,28H,4-8,11H2,1-3H3/t12-,15+,16+,19+,20?,21?,22+/m1/s1. The number of allylic oxidation sites excluding steroid dienone is 3. The summed E-state index contributed by atoms with van der Waals surface area (Å²) in [6.45, 7) is 4.54. The zero-order chi connectivity index (χ0) is 20.7. The molecule has 2 unspecified atom stereocenters. The van der Waals surface area contributed by atoms with Crippen molar-refractivity contribution in [2.45, 2.75) is 64.1 Å².